The van der Waals surface area contributed by atoms with Crippen molar-refractivity contribution in [2.45, 2.75) is 6.92 Å². The summed E-state index contributed by atoms with van der Waals surface area (Å²) in [6, 6.07) is 0. The van der Waals surface area contributed by atoms with Crippen LogP contribution in [0.15, 0.2) is 36.1 Å². The quantitative estimate of drug-likeness (QED) is 0.404. The molecule has 0 aliphatic heterocycles. The number of nitrogens with one attached hydrogen (secondary N) is 1. The van der Waals surface area contributed by atoms with Gasteiger partial charge in [-0.05, 0) is 19.1 Å². The summed E-state index contributed by atoms with van der Waals surface area (Å²) < 4.78 is 4.50. The van der Waals surface area contributed by atoms with Gasteiger partial charge < -0.3 is 10.1 Å². The molecule has 0 amide bonds. The largest absolute Gasteiger partial charge is 0.465 e. The summed E-state index contributed by atoms with van der Waals surface area (Å²) in [4.78, 5) is 10.9. The van der Waals surface area contributed by atoms with Gasteiger partial charge in [-0.3, -0.25) is 0 Å². The van der Waals surface area contributed by atoms with Crippen LogP contribution < -0.4 is 5.32 Å². The molecule has 0 saturated carbocycles. The Balaban J connectivity index is 4.51. The van der Waals surface area contributed by atoms with Gasteiger partial charge in [-0.2, -0.15) is 0 Å². The fourth-order valence-electron chi connectivity index (χ4n) is 0.761. The number of esters is 1. The molecule has 0 unspecified atom stereocenters. The molecule has 0 bridgehead atoms. The van der Waals surface area contributed by atoms with Crippen LogP contribution in [0.2, 0.25) is 0 Å². The smallest absolute Gasteiger partial charge is 0.337 e. The van der Waals surface area contributed by atoms with Crippen LogP contribution in [-0.2, 0) is 9.53 Å². The lowest BCUT2D eigenvalue weighted by Gasteiger charge is -2.01. The van der Waals surface area contributed by atoms with Gasteiger partial charge in [0.1, 0.15) is 0 Å². The van der Waals surface area contributed by atoms with Gasteiger partial charge in [-0.1, -0.05) is 12.7 Å². The molecule has 0 saturated heterocycles. The number of carbonyl (C=O) groups is 1. The summed E-state index contributed by atoms with van der Waals surface area (Å²) in [7, 11) is 3.10. The molecule has 0 aromatic rings. The molecule has 0 rings (SSSR count). The first-order valence-electron chi connectivity index (χ1n) is 3.95. The predicted octanol–water partition coefficient (Wildman–Crippen LogP) is 1.40. The Morgan fingerprint density at radius 1 is 1.54 bits per heavy atom. The highest BCUT2D eigenvalue weighted by Gasteiger charge is 2.02. The summed E-state index contributed by atoms with van der Waals surface area (Å²) >= 11 is 0. The maximum Gasteiger partial charge on any atom is 0.337 e. The molecule has 0 aliphatic rings. The van der Waals surface area contributed by atoms with Crippen molar-refractivity contribution in [3.63, 3.8) is 0 Å². The van der Waals surface area contributed by atoms with Crippen molar-refractivity contribution in [2.75, 3.05) is 14.2 Å². The highest BCUT2D eigenvalue weighted by Crippen LogP contribution is 2.01. The van der Waals surface area contributed by atoms with Gasteiger partial charge in [-0.25, -0.2) is 4.79 Å². The molecule has 0 heterocycles. The van der Waals surface area contributed by atoms with Gasteiger partial charge in [0.25, 0.3) is 0 Å². The lowest BCUT2D eigenvalue weighted by atomic mass is 10.2. The van der Waals surface area contributed by atoms with Crippen molar-refractivity contribution in [1.82, 2.24) is 5.32 Å². The monoisotopic (exact) mass is 181 g/mol. The van der Waals surface area contributed by atoms with E-state index in [1.165, 1.54) is 7.11 Å². The lowest BCUT2D eigenvalue weighted by Crippen LogP contribution is -2.07. The Kier molecular flexibility index (Phi) is 5.35. The van der Waals surface area contributed by atoms with E-state index >= 15 is 0 Å². The van der Waals surface area contributed by atoms with Crippen LogP contribution in [0.5, 0.6) is 0 Å². The molecule has 0 radical (unpaired) electrons. The Hall–Kier alpha value is -1.51. The minimum atomic E-state index is -0.419. The van der Waals surface area contributed by atoms with Crippen LogP contribution in [0.3, 0.4) is 0 Å². The molecule has 13 heavy (non-hydrogen) atoms. The Bertz CT molecular complexity index is 252. The molecule has 1 N–H and O–H groups in total. The van der Waals surface area contributed by atoms with Crippen LogP contribution in [0.25, 0.3) is 0 Å². The molecular weight excluding hydrogens is 166 g/mol. The standard InChI is InChI=1S/C10H15NO2/c1-5-6-9(11-3)7-8(2)10(12)13-4/h5-7,11H,2H2,1,3-4H3/b6-5-,9-7+. The maximum atomic E-state index is 10.9. The molecule has 3 heteroatoms. The predicted molar refractivity (Wildman–Crippen MR) is 53.1 cm³/mol. The number of hydrogen-bond donors (Lipinski definition) is 1. The van der Waals surface area contributed by atoms with Gasteiger partial charge in [0.15, 0.2) is 0 Å². The van der Waals surface area contributed by atoms with Crippen molar-refractivity contribution < 1.29 is 9.53 Å². The van der Waals surface area contributed by atoms with E-state index in [0.717, 1.165) is 5.70 Å². The summed E-state index contributed by atoms with van der Waals surface area (Å²) in [5.41, 5.74) is 1.14. The second-order valence-electron chi connectivity index (χ2n) is 2.37. The lowest BCUT2D eigenvalue weighted by molar-refractivity contribution is -0.135. The van der Waals surface area contributed by atoms with Gasteiger partial charge >= 0.3 is 5.97 Å². The number of likely N-dealkylation sites (N-methyl/N-ethyl adjacent to an activating group) is 1. The molecule has 0 aromatic heterocycles. The van der Waals surface area contributed by atoms with Crippen molar-refractivity contribution >= 4 is 5.97 Å². The van der Waals surface area contributed by atoms with E-state index in [0.29, 0.717) is 5.57 Å². The van der Waals surface area contributed by atoms with Gasteiger partial charge in [-0.15, -0.1) is 0 Å². The first-order valence-corrected chi connectivity index (χ1v) is 3.95. The number of allylic oxidation sites excluding steroid dienone is 2. The van der Waals surface area contributed by atoms with Crippen LogP contribution in [0.1, 0.15) is 6.92 Å². The Morgan fingerprint density at radius 2 is 2.15 bits per heavy atom. The van der Waals surface area contributed by atoms with E-state index in [1.807, 2.05) is 19.1 Å². The SMILES string of the molecule is C=C(/C=C(\C=C/C)NC)C(=O)OC. The van der Waals surface area contributed by atoms with E-state index in [4.69, 9.17) is 0 Å². The molecule has 0 fully saturated rings. The fraction of sp³-hybridized carbons (Fsp3) is 0.300. The molecule has 0 spiro atoms. The van der Waals surface area contributed by atoms with Gasteiger partial charge in [0.2, 0.25) is 0 Å². The summed E-state index contributed by atoms with van der Waals surface area (Å²) in [5.74, 6) is -0.419. The molecule has 3 nitrogen and oxygen atoms in total. The second kappa shape index (κ2) is 6.06. The average molecular weight is 181 g/mol. The number of hydrogen-bond acceptors (Lipinski definition) is 3. The van der Waals surface area contributed by atoms with Crippen LogP contribution in [0, 0.1) is 0 Å². The Labute approximate surface area is 78.8 Å². The zero-order valence-electron chi connectivity index (χ0n) is 8.26. The van der Waals surface area contributed by atoms with Crippen LogP contribution in [-0.4, -0.2) is 20.1 Å². The third-order valence-electron chi connectivity index (χ3n) is 1.41. The zero-order valence-corrected chi connectivity index (χ0v) is 8.26. The zero-order chi connectivity index (χ0) is 10.3. The molecule has 72 valence electrons. The van der Waals surface area contributed by atoms with E-state index in [2.05, 4.69) is 16.6 Å². The van der Waals surface area contributed by atoms with E-state index in [-0.39, 0.29) is 0 Å². The first-order chi connectivity index (χ1) is 6.15. The van der Waals surface area contributed by atoms with E-state index in [1.54, 1.807) is 13.1 Å². The van der Waals surface area contributed by atoms with Crippen LogP contribution in [0.4, 0.5) is 0 Å². The molecule has 0 aromatic carbocycles. The van der Waals surface area contributed by atoms with Gasteiger partial charge in [0, 0.05) is 12.7 Å². The van der Waals surface area contributed by atoms with Crippen molar-refractivity contribution in [2.24, 2.45) is 0 Å². The number of methoxy groups -OCH3 is 1. The first kappa shape index (κ1) is 11.5. The molecular formula is C10H15NO2. The maximum absolute atomic E-state index is 10.9. The number of carbonyl (C=O) groups excluding carboxylic acids is 1. The summed E-state index contributed by atoms with van der Waals surface area (Å²) in [5, 5.41) is 2.92. The van der Waals surface area contributed by atoms with Gasteiger partial charge in [0.05, 0.1) is 12.7 Å². The fourth-order valence-corrected chi connectivity index (χ4v) is 0.761. The molecule has 0 aliphatic carbocycles. The van der Waals surface area contributed by atoms with Crippen LogP contribution >= 0.6 is 0 Å². The van der Waals surface area contributed by atoms with E-state index in [9.17, 15) is 4.79 Å². The highest BCUT2D eigenvalue weighted by molar-refractivity contribution is 5.90. The molecule has 0 atom stereocenters. The third-order valence-corrected chi connectivity index (χ3v) is 1.41. The van der Waals surface area contributed by atoms with Crippen molar-refractivity contribution in [3.05, 3.63) is 36.1 Å². The Morgan fingerprint density at radius 3 is 2.54 bits per heavy atom. The average Bonchev–Trinajstić information content (AvgIpc) is 2.15. The normalized spacial score (nSPS) is 11.5. The summed E-state index contributed by atoms with van der Waals surface area (Å²) in [6.45, 7) is 5.47. The summed E-state index contributed by atoms with van der Waals surface area (Å²) in [6.07, 6.45) is 5.34. The number of rotatable bonds is 4. The van der Waals surface area contributed by atoms with E-state index < -0.39 is 5.97 Å². The second-order valence-corrected chi connectivity index (χ2v) is 2.37. The highest BCUT2D eigenvalue weighted by atomic mass is 16.5. The topological polar surface area (TPSA) is 38.3 Å². The minimum absolute atomic E-state index is 0.324. The number of ether oxygens (including phenoxy) is 1. The minimum Gasteiger partial charge on any atom is -0.465 e. The third kappa shape index (κ3) is 4.15. The van der Waals surface area contributed by atoms with Crippen molar-refractivity contribution in [1.29, 1.82) is 0 Å². The van der Waals surface area contributed by atoms with Crippen molar-refractivity contribution in [3.8, 4) is 0 Å².